The number of nitrogens with one attached hydrogen (secondary N) is 1. The lowest BCUT2D eigenvalue weighted by Gasteiger charge is -2.23. The molecule has 2 rings (SSSR count). The van der Waals surface area contributed by atoms with Crippen LogP contribution in [0.15, 0.2) is 16.6 Å². The topological polar surface area (TPSA) is 12.0 Å². The number of hydrogen-bond donors (Lipinski definition) is 1. The highest BCUT2D eigenvalue weighted by Gasteiger charge is 2.21. The summed E-state index contributed by atoms with van der Waals surface area (Å²) in [5.41, 5.74) is 4.17. The second-order valence-electron chi connectivity index (χ2n) is 5.97. The smallest absolute Gasteiger partial charge is 0.0322 e. The summed E-state index contributed by atoms with van der Waals surface area (Å²) in [6.07, 6.45) is 7.02. The molecule has 1 aromatic rings. The molecule has 1 aromatic carbocycles. The fraction of sp³-hybridized carbons (Fsp3) is 0.647. The summed E-state index contributed by atoms with van der Waals surface area (Å²) in [5, 5.41) is 3.68. The van der Waals surface area contributed by atoms with Gasteiger partial charge in [-0.15, -0.1) is 0 Å². The van der Waals surface area contributed by atoms with E-state index in [9.17, 15) is 0 Å². The lowest BCUT2D eigenvalue weighted by Crippen LogP contribution is -2.23. The second-order valence-corrected chi connectivity index (χ2v) is 6.76. The van der Waals surface area contributed by atoms with E-state index in [0.29, 0.717) is 6.04 Å². The molecular weight excluding hydrogens is 298 g/mol. The Morgan fingerprint density at radius 2 is 1.79 bits per heavy atom. The van der Waals surface area contributed by atoms with E-state index < -0.39 is 0 Å². The molecule has 1 nitrogen and oxygen atoms in total. The molecule has 0 saturated heterocycles. The lowest BCUT2D eigenvalue weighted by atomic mass is 9.92. The van der Waals surface area contributed by atoms with Gasteiger partial charge in [0, 0.05) is 10.5 Å². The van der Waals surface area contributed by atoms with E-state index in [0.717, 1.165) is 12.5 Å². The van der Waals surface area contributed by atoms with Gasteiger partial charge in [-0.25, -0.2) is 0 Å². The third kappa shape index (κ3) is 3.82. The molecule has 1 N–H and O–H groups in total. The standard InChI is InChI=1S/C17H26BrN/c1-4-19-16(11-14-7-5-6-8-14)15-9-12(2)17(18)13(3)10-15/h9-10,14,16,19H,4-8,11H2,1-3H3. The minimum absolute atomic E-state index is 0.526. The van der Waals surface area contributed by atoms with Crippen molar-refractivity contribution in [3.63, 3.8) is 0 Å². The van der Waals surface area contributed by atoms with Gasteiger partial charge in [0.05, 0.1) is 0 Å². The summed E-state index contributed by atoms with van der Waals surface area (Å²) < 4.78 is 1.26. The van der Waals surface area contributed by atoms with Crippen molar-refractivity contribution >= 4 is 15.9 Å². The van der Waals surface area contributed by atoms with E-state index in [4.69, 9.17) is 0 Å². The van der Waals surface area contributed by atoms with Crippen LogP contribution in [0.1, 0.15) is 61.8 Å². The molecule has 1 saturated carbocycles. The molecule has 0 aromatic heterocycles. The maximum absolute atomic E-state index is 3.68. The summed E-state index contributed by atoms with van der Waals surface area (Å²) in [4.78, 5) is 0. The van der Waals surface area contributed by atoms with Crippen LogP contribution in [0.4, 0.5) is 0 Å². The first-order valence-corrected chi connectivity index (χ1v) is 8.41. The van der Waals surface area contributed by atoms with Crippen molar-refractivity contribution in [2.45, 2.75) is 58.9 Å². The normalized spacial score (nSPS) is 17.9. The fourth-order valence-electron chi connectivity index (χ4n) is 3.34. The predicted molar refractivity (Wildman–Crippen MR) is 86.6 cm³/mol. The molecule has 106 valence electrons. The van der Waals surface area contributed by atoms with Gasteiger partial charge < -0.3 is 5.32 Å². The highest BCUT2D eigenvalue weighted by molar-refractivity contribution is 9.10. The third-order valence-electron chi connectivity index (χ3n) is 4.36. The van der Waals surface area contributed by atoms with Gasteiger partial charge in [0.25, 0.3) is 0 Å². The summed E-state index contributed by atoms with van der Waals surface area (Å²) in [5.74, 6) is 0.924. The molecule has 1 aliphatic rings. The highest BCUT2D eigenvalue weighted by atomic mass is 79.9. The zero-order valence-corrected chi connectivity index (χ0v) is 14.0. The molecule has 0 bridgehead atoms. The average molecular weight is 324 g/mol. The van der Waals surface area contributed by atoms with Gasteiger partial charge in [-0.3, -0.25) is 0 Å². The van der Waals surface area contributed by atoms with Gasteiger partial charge in [-0.1, -0.05) is 60.7 Å². The Kier molecular flexibility index (Phi) is 5.47. The van der Waals surface area contributed by atoms with E-state index in [1.807, 2.05) is 0 Å². The number of hydrogen-bond acceptors (Lipinski definition) is 1. The molecule has 0 radical (unpaired) electrons. The summed E-state index contributed by atoms with van der Waals surface area (Å²) in [6, 6.07) is 5.22. The zero-order chi connectivity index (χ0) is 13.8. The number of rotatable bonds is 5. The molecule has 0 amide bonds. The van der Waals surface area contributed by atoms with Crippen LogP contribution in [-0.4, -0.2) is 6.54 Å². The summed E-state index contributed by atoms with van der Waals surface area (Å²) >= 11 is 3.67. The van der Waals surface area contributed by atoms with Crippen molar-refractivity contribution in [1.82, 2.24) is 5.32 Å². The van der Waals surface area contributed by atoms with Crippen molar-refractivity contribution in [1.29, 1.82) is 0 Å². The molecule has 2 heteroatoms. The van der Waals surface area contributed by atoms with Gasteiger partial charge in [0.15, 0.2) is 0 Å². The van der Waals surface area contributed by atoms with E-state index >= 15 is 0 Å². The Labute approximate surface area is 126 Å². The minimum atomic E-state index is 0.526. The monoisotopic (exact) mass is 323 g/mol. The number of aryl methyl sites for hydroxylation is 2. The lowest BCUT2D eigenvalue weighted by molar-refractivity contribution is 0.400. The van der Waals surface area contributed by atoms with E-state index in [1.54, 1.807) is 0 Å². The number of halogens is 1. The van der Waals surface area contributed by atoms with Crippen LogP contribution in [0.3, 0.4) is 0 Å². The molecule has 1 unspecified atom stereocenters. The van der Waals surface area contributed by atoms with Crippen LogP contribution in [-0.2, 0) is 0 Å². The first kappa shape index (κ1) is 15.1. The Balaban J connectivity index is 2.17. The Hall–Kier alpha value is -0.340. The first-order chi connectivity index (χ1) is 9.11. The summed E-state index contributed by atoms with van der Waals surface area (Å²) in [7, 11) is 0. The van der Waals surface area contributed by atoms with Crippen LogP contribution in [0, 0.1) is 19.8 Å². The number of benzene rings is 1. The molecule has 1 fully saturated rings. The van der Waals surface area contributed by atoms with Gasteiger partial charge in [-0.2, -0.15) is 0 Å². The Morgan fingerprint density at radius 3 is 2.32 bits per heavy atom. The first-order valence-electron chi connectivity index (χ1n) is 7.61. The molecule has 1 atom stereocenters. The average Bonchev–Trinajstić information content (AvgIpc) is 2.88. The molecule has 0 heterocycles. The van der Waals surface area contributed by atoms with Crippen molar-refractivity contribution in [3.8, 4) is 0 Å². The van der Waals surface area contributed by atoms with Crippen molar-refractivity contribution in [3.05, 3.63) is 33.3 Å². The fourth-order valence-corrected chi connectivity index (χ4v) is 3.57. The van der Waals surface area contributed by atoms with Gasteiger partial charge in [0.2, 0.25) is 0 Å². The molecular formula is C17H26BrN. The van der Waals surface area contributed by atoms with Crippen LogP contribution in [0.25, 0.3) is 0 Å². The molecule has 0 aliphatic heterocycles. The maximum atomic E-state index is 3.68. The molecule has 0 spiro atoms. The molecule has 19 heavy (non-hydrogen) atoms. The Morgan fingerprint density at radius 1 is 1.21 bits per heavy atom. The van der Waals surface area contributed by atoms with Crippen LogP contribution < -0.4 is 5.32 Å². The van der Waals surface area contributed by atoms with Crippen LogP contribution >= 0.6 is 15.9 Å². The van der Waals surface area contributed by atoms with Crippen molar-refractivity contribution in [2.24, 2.45) is 5.92 Å². The van der Waals surface area contributed by atoms with Gasteiger partial charge in [-0.05, 0) is 49.4 Å². The second kappa shape index (κ2) is 6.90. The maximum Gasteiger partial charge on any atom is 0.0322 e. The minimum Gasteiger partial charge on any atom is -0.310 e. The van der Waals surface area contributed by atoms with Crippen LogP contribution in [0.2, 0.25) is 0 Å². The summed E-state index contributed by atoms with van der Waals surface area (Å²) in [6.45, 7) is 7.64. The van der Waals surface area contributed by atoms with Gasteiger partial charge in [0.1, 0.15) is 0 Å². The van der Waals surface area contributed by atoms with Crippen LogP contribution in [0.5, 0.6) is 0 Å². The van der Waals surface area contributed by atoms with Gasteiger partial charge >= 0.3 is 0 Å². The Bertz CT molecular complexity index is 398. The quantitative estimate of drug-likeness (QED) is 0.775. The predicted octanol–water partition coefficient (Wildman–Crippen LogP) is 5.30. The highest BCUT2D eigenvalue weighted by Crippen LogP contribution is 2.34. The zero-order valence-electron chi connectivity index (χ0n) is 12.4. The van der Waals surface area contributed by atoms with Crippen molar-refractivity contribution in [2.75, 3.05) is 6.54 Å². The SMILES string of the molecule is CCNC(CC1CCCC1)c1cc(C)c(Br)c(C)c1. The largest absolute Gasteiger partial charge is 0.310 e. The van der Waals surface area contributed by atoms with E-state index in [2.05, 4.69) is 54.2 Å². The van der Waals surface area contributed by atoms with E-state index in [1.165, 1.54) is 53.3 Å². The third-order valence-corrected chi connectivity index (χ3v) is 5.61. The molecule has 1 aliphatic carbocycles. The van der Waals surface area contributed by atoms with E-state index in [-0.39, 0.29) is 0 Å². The van der Waals surface area contributed by atoms with Crippen molar-refractivity contribution < 1.29 is 0 Å².